The maximum atomic E-state index is 12.5. The number of rotatable bonds is 2. The van der Waals surface area contributed by atoms with Gasteiger partial charge in [-0.25, -0.2) is 0 Å². The lowest BCUT2D eigenvalue weighted by atomic mass is 10.1. The number of fused-ring (bicyclic) bond motifs is 1. The van der Waals surface area contributed by atoms with Crippen molar-refractivity contribution in [3.8, 4) is 11.5 Å². The Hall–Kier alpha value is -2.20. The average Bonchev–Trinajstić information content (AvgIpc) is 2.50. The Balaban J connectivity index is 1.92. The zero-order valence-electron chi connectivity index (χ0n) is 12.4. The summed E-state index contributed by atoms with van der Waals surface area (Å²) < 4.78 is 11.0. The van der Waals surface area contributed by atoms with Crippen LogP contribution in [0.1, 0.15) is 21.5 Å². The van der Waals surface area contributed by atoms with Crippen molar-refractivity contribution >= 4 is 23.2 Å². The number of halogens is 1. The molecule has 0 spiro atoms. The number of anilines is 1. The predicted octanol–water partition coefficient (Wildman–Crippen LogP) is 3.98. The second-order valence-corrected chi connectivity index (χ2v) is 5.60. The molecule has 2 aromatic carbocycles. The van der Waals surface area contributed by atoms with E-state index in [1.54, 1.807) is 12.1 Å². The molecule has 2 aromatic rings. The number of nitrogens with one attached hydrogen (secondary N) is 1. The van der Waals surface area contributed by atoms with Crippen LogP contribution < -0.4 is 14.8 Å². The smallest absolute Gasteiger partial charge is 0.257 e. The summed E-state index contributed by atoms with van der Waals surface area (Å²) in [5.41, 5.74) is 3.18. The summed E-state index contributed by atoms with van der Waals surface area (Å²) in [5, 5.41) is 3.26. The highest BCUT2D eigenvalue weighted by molar-refractivity contribution is 6.34. The fourth-order valence-corrected chi connectivity index (χ4v) is 2.67. The number of benzene rings is 2. The highest BCUT2D eigenvalue weighted by Crippen LogP contribution is 2.35. The van der Waals surface area contributed by atoms with Gasteiger partial charge in [-0.1, -0.05) is 29.8 Å². The number of amides is 1. The fraction of sp³-hybridized carbons (Fsp3) is 0.235. The van der Waals surface area contributed by atoms with Crippen molar-refractivity contribution in [2.24, 2.45) is 0 Å². The van der Waals surface area contributed by atoms with Gasteiger partial charge in [-0.3, -0.25) is 4.79 Å². The molecule has 1 heterocycles. The van der Waals surface area contributed by atoms with Gasteiger partial charge >= 0.3 is 0 Å². The van der Waals surface area contributed by atoms with Gasteiger partial charge in [0, 0.05) is 11.8 Å². The molecular weight excluding hydrogens is 302 g/mol. The Morgan fingerprint density at radius 2 is 1.68 bits per heavy atom. The minimum absolute atomic E-state index is 0.264. The number of hydrogen-bond donors (Lipinski definition) is 1. The van der Waals surface area contributed by atoms with Crippen LogP contribution in [0.3, 0.4) is 0 Å². The van der Waals surface area contributed by atoms with Crippen LogP contribution in [0.2, 0.25) is 5.02 Å². The van der Waals surface area contributed by atoms with Crippen LogP contribution in [0.25, 0.3) is 0 Å². The van der Waals surface area contributed by atoms with Crippen LogP contribution in [-0.4, -0.2) is 19.1 Å². The molecule has 1 aliphatic heterocycles. The van der Waals surface area contributed by atoms with E-state index in [1.807, 2.05) is 32.0 Å². The predicted molar refractivity (Wildman–Crippen MR) is 86.3 cm³/mol. The average molecular weight is 318 g/mol. The molecule has 22 heavy (non-hydrogen) atoms. The van der Waals surface area contributed by atoms with Crippen molar-refractivity contribution in [1.29, 1.82) is 0 Å². The van der Waals surface area contributed by atoms with Gasteiger partial charge in [0.25, 0.3) is 5.91 Å². The monoisotopic (exact) mass is 317 g/mol. The van der Waals surface area contributed by atoms with Gasteiger partial charge in [0.05, 0.1) is 10.6 Å². The minimum Gasteiger partial charge on any atom is -0.486 e. The summed E-state index contributed by atoms with van der Waals surface area (Å²) in [7, 11) is 0. The molecule has 0 atom stereocenters. The molecule has 0 saturated carbocycles. The Kier molecular flexibility index (Phi) is 3.94. The van der Waals surface area contributed by atoms with Gasteiger partial charge in [0.15, 0.2) is 11.5 Å². The van der Waals surface area contributed by atoms with E-state index >= 15 is 0 Å². The van der Waals surface area contributed by atoms with E-state index in [9.17, 15) is 4.79 Å². The van der Waals surface area contributed by atoms with Crippen molar-refractivity contribution in [2.75, 3.05) is 18.5 Å². The highest BCUT2D eigenvalue weighted by Gasteiger charge is 2.19. The van der Waals surface area contributed by atoms with Gasteiger partial charge in [0.2, 0.25) is 0 Å². The molecular formula is C17H16ClNO3. The maximum absolute atomic E-state index is 12.5. The topological polar surface area (TPSA) is 47.6 Å². The summed E-state index contributed by atoms with van der Waals surface area (Å²) in [5.74, 6) is 0.849. The fourth-order valence-electron chi connectivity index (χ4n) is 2.43. The van der Waals surface area contributed by atoms with Crippen LogP contribution in [0.15, 0.2) is 30.3 Å². The lowest BCUT2D eigenvalue weighted by Gasteiger charge is -2.20. The van der Waals surface area contributed by atoms with Crippen LogP contribution >= 0.6 is 11.6 Å². The van der Waals surface area contributed by atoms with Crippen LogP contribution in [-0.2, 0) is 0 Å². The first kappa shape index (κ1) is 14.7. The van der Waals surface area contributed by atoms with Crippen molar-refractivity contribution in [1.82, 2.24) is 0 Å². The third-order valence-electron chi connectivity index (χ3n) is 3.60. The van der Waals surface area contributed by atoms with Crippen molar-refractivity contribution in [2.45, 2.75) is 13.8 Å². The Bertz CT molecular complexity index is 723. The molecule has 1 amide bonds. The largest absolute Gasteiger partial charge is 0.486 e. The van der Waals surface area contributed by atoms with Crippen molar-refractivity contribution in [3.05, 3.63) is 52.0 Å². The maximum Gasteiger partial charge on any atom is 0.257 e. The van der Waals surface area contributed by atoms with Gasteiger partial charge in [0.1, 0.15) is 13.2 Å². The number of hydrogen-bond acceptors (Lipinski definition) is 3. The number of para-hydroxylation sites is 1. The van der Waals surface area contributed by atoms with Crippen LogP contribution in [0.4, 0.5) is 5.69 Å². The van der Waals surface area contributed by atoms with E-state index in [4.69, 9.17) is 21.1 Å². The van der Waals surface area contributed by atoms with Gasteiger partial charge < -0.3 is 14.8 Å². The first-order chi connectivity index (χ1) is 10.6. The summed E-state index contributed by atoms with van der Waals surface area (Å²) in [4.78, 5) is 12.5. The third-order valence-corrected chi connectivity index (χ3v) is 3.91. The first-order valence-corrected chi connectivity index (χ1v) is 7.41. The van der Waals surface area contributed by atoms with E-state index in [2.05, 4.69) is 5.32 Å². The molecule has 0 aromatic heterocycles. The van der Waals surface area contributed by atoms with E-state index in [0.717, 1.165) is 16.8 Å². The molecule has 0 radical (unpaired) electrons. The lowest BCUT2D eigenvalue weighted by molar-refractivity contribution is 0.102. The Morgan fingerprint density at radius 1 is 1.09 bits per heavy atom. The SMILES string of the molecule is Cc1cccc(C)c1NC(=O)c1cc2c(cc1Cl)OCCO2. The second-order valence-electron chi connectivity index (χ2n) is 5.20. The molecule has 1 aliphatic rings. The number of ether oxygens (including phenoxy) is 2. The van der Waals surface area contributed by atoms with E-state index in [-0.39, 0.29) is 5.91 Å². The number of carbonyl (C=O) groups excluding carboxylic acids is 1. The molecule has 0 bridgehead atoms. The molecule has 0 aliphatic carbocycles. The number of aryl methyl sites for hydroxylation is 2. The summed E-state index contributed by atoms with van der Waals surface area (Å²) >= 11 is 6.21. The summed E-state index contributed by atoms with van der Waals surface area (Å²) in [6.07, 6.45) is 0. The lowest BCUT2D eigenvalue weighted by Crippen LogP contribution is -2.18. The first-order valence-electron chi connectivity index (χ1n) is 7.03. The van der Waals surface area contributed by atoms with E-state index in [0.29, 0.717) is 35.3 Å². The molecule has 0 unspecified atom stereocenters. The zero-order valence-corrected chi connectivity index (χ0v) is 13.2. The van der Waals surface area contributed by atoms with Gasteiger partial charge in [-0.15, -0.1) is 0 Å². The molecule has 5 heteroatoms. The second kappa shape index (κ2) is 5.89. The van der Waals surface area contributed by atoms with E-state index < -0.39 is 0 Å². The van der Waals surface area contributed by atoms with E-state index in [1.165, 1.54) is 0 Å². The highest BCUT2D eigenvalue weighted by atomic mass is 35.5. The molecule has 1 N–H and O–H groups in total. The van der Waals surface area contributed by atoms with Gasteiger partial charge in [-0.2, -0.15) is 0 Å². The summed E-state index contributed by atoms with van der Waals surface area (Å²) in [6.45, 7) is 4.85. The minimum atomic E-state index is -0.264. The normalized spacial score (nSPS) is 12.9. The number of carbonyl (C=O) groups is 1. The quantitative estimate of drug-likeness (QED) is 0.911. The van der Waals surface area contributed by atoms with Crippen LogP contribution in [0.5, 0.6) is 11.5 Å². The van der Waals surface area contributed by atoms with Crippen LogP contribution in [0, 0.1) is 13.8 Å². The van der Waals surface area contributed by atoms with Crippen molar-refractivity contribution < 1.29 is 14.3 Å². The summed E-state index contributed by atoms with van der Waals surface area (Å²) in [6, 6.07) is 9.11. The standard InChI is InChI=1S/C17H16ClNO3/c1-10-4-3-5-11(2)16(10)19-17(20)12-8-14-15(9-13(12)18)22-7-6-21-14/h3-5,8-9H,6-7H2,1-2H3,(H,19,20). The van der Waals surface area contributed by atoms with Gasteiger partial charge in [-0.05, 0) is 31.0 Å². The molecule has 0 fully saturated rings. The Labute approximate surface area is 134 Å². The Morgan fingerprint density at radius 3 is 2.32 bits per heavy atom. The third kappa shape index (κ3) is 2.74. The zero-order chi connectivity index (χ0) is 15.7. The molecule has 0 saturated heterocycles. The molecule has 114 valence electrons. The van der Waals surface area contributed by atoms with Crippen molar-refractivity contribution in [3.63, 3.8) is 0 Å². The molecule has 4 nitrogen and oxygen atoms in total. The molecule has 3 rings (SSSR count).